The zero-order chi connectivity index (χ0) is 20.0. The van der Waals surface area contributed by atoms with Gasteiger partial charge in [-0.3, -0.25) is 0 Å². The van der Waals surface area contributed by atoms with Gasteiger partial charge in [-0.25, -0.2) is 4.98 Å². The van der Waals surface area contributed by atoms with E-state index in [1.807, 2.05) is 6.07 Å². The second-order valence-corrected chi connectivity index (χ2v) is 6.71. The van der Waals surface area contributed by atoms with Gasteiger partial charge in [0.25, 0.3) is 0 Å². The normalized spacial score (nSPS) is 11.3. The van der Waals surface area contributed by atoms with Crippen LogP contribution in [0.1, 0.15) is 32.3 Å². The predicted molar refractivity (Wildman–Crippen MR) is 104 cm³/mol. The van der Waals surface area contributed by atoms with E-state index < -0.39 is 6.61 Å². The van der Waals surface area contributed by atoms with Gasteiger partial charge in [0, 0.05) is 21.7 Å². The van der Waals surface area contributed by atoms with Crippen LogP contribution in [0.5, 0.6) is 11.5 Å². The third kappa shape index (κ3) is 5.52. The number of ether oxygens (including phenoxy) is 3. The van der Waals surface area contributed by atoms with E-state index in [4.69, 9.17) is 15.2 Å². The van der Waals surface area contributed by atoms with Crippen LogP contribution < -0.4 is 15.2 Å². The first kappa shape index (κ1) is 21.4. The second kappa shape index (κ2) is 9.85. The zero-order valence-electron chi connectivity index (χ0n) is 15.5. The van der Waals surface area contributed by atoms with Gasteiger partial charge in [0.2, 0.25) is 0 Å². The SMILES string of the molecule is CCC(CC)OCc1cc(Br)c(-c2ccc(OC(F)F)cc2OC)nc1N. The van der Waals surface area contributed by atoms with Crippen molar-refractivity contribution >= 4 is 21.7 Å². The molecule has 1 heterocycles. The summed E-state index contributed by atoms with van der Waals surface area (Å²) in [5.41, 5.74) is 8.02. The topological polar surface area (TPSA) is 66.6 Å². The van der Waals surface area contributed by atoms with Crippen LogP contribution in [0.2, 0.25) is 0 Å². The highest BCUT2D eigenvalue weighted by Crippen LogP contribution is 2.37. The zero-order valence-corrected chi connectivity index (χ0v) is 17.1. The largest absolute Gasteiger partial charge is 0.496 e. The van der Waals surface area contributed by atoms with E-state index in [-0.39, 0.29) is 11.9 Å². The molecule has 2 rings (SSSR count). The lowest BCUT2D eigenvalue weighted by atomic mass is 10.1. The Morgan fingerprint density at radius 1 is 1.19 bits per heavy atom. The Morgan fingerprint density at radius 2 is 1.89 bits per heavy atom. The van der Waals surface area contributed by atoms with Crippen LogP contribution in [0.15, 0.2) is 28.7 Å². The van der Waals surface area contributed by atoms with Gasteiger partial charge in [-0.05, 0) is 47.0 Å². The Labute approximate surface area is 166 Å². The Kier molecular flexibility index (Phi) is 7.79. The first-order valence-electron chi connectivity index (χ1n) is 8.59. The summed E-state index contributed by atoms with van der Waals surface area (Å²) < 4.78 is 41.1. The first-order valence-corrected chi connectivity index (χ1v) is 9.38. The Balaban J connectivity index is 2.32. The van der Waals surface area contributed by atoms with Crippen molar-refractivity contribution in [1.82, 2.24) is 4.98 Å². The van der Waals surface area contributed by atoms with Crippen LogP contribution in [0, 0.1) is 0 Å². The number of nitrogen functional groups attached to an aromatic ring is 1. The summed E-state index contributed by atoms with van der Waals surface area (Å²) in [6.07, 6.45) is 2.02. The summed E-state index contributed by atoms with van der Waals surface area (Å²) in [5.74, 6) is 0.695. The van der Waals surface area contributed by atoms with Gasteiger partial charge in [-0.2, -0.15) is 8.78 Å². The molecule has 5 nitrogen and oxygen atoms in total. The molecule has 0 radical (unpaired) electrons. The molecule has 0 amide bonds. The summed E-state index contributed by atoms with van der Waals surface area (Å²) in [5, 5.41) is 0. The summed E-state index contributed by atoms with van der Waals surface area (Å²) >= 11 is 3.50. The maximum Gasteiger partial charge on any atom is 0.387 e. The first-order chi connectivity index (χ1) is 12.9. The fourth-order valence-electron chi connectivity index (χ4n) is 2.62. The van der Waals surface area contributed by atoms with Crippen LogP contribution in [0.3, 0.4) is 0 Å². The summed E-state index contributed by atoms with van der Waals surface area (Å²) in [6.45, 7) is 1.60. The monoisotopic (exact) mass is 444 g/mol. The number of anilines is 1. The molecule has 0 aliphatic heterocycles. The lowest BCUT2D eigenvalue weighted by Crippen LogP contribution is -2.11. The minimum Gasteiger partial charge on any atom is -0.496 e. The maximum absolute atomic E-state index is 12.4. The molecule has 0 atom stereocenters. The summed E-state index contributed by atoms with van der Waals surface area (Å²) in [6, 6.07) is 6.26. The Morgan fingerprint density at radius 3 is 2.48 bits per heavy atom. The number of methoxy groups -OCH3 is 1. The average molecular weight is 445 g/mol. The van der Waals surface area contributed by atoms with E-state index in [0.29, 0.717) is 33.9 Å². The number of aromatic nitrogens is 1. The minimum atomic E-state index is -2.91. The molecule has 0 unspecified atom stereocenters. The van der Waals surface area contributed by atoms with Gasteiger partial charge in [0.1, 0.15) is 17.3 Å². The number of hydrogen-bond donors (Lipinski definition) is 1. The molecule has 0 aliphatic carbocycles. The van der Waals surface area contributed by atoms with Crippen LogP contribution in [0.4, 0.5) is 14.6 Å². The number of nitrogens with two attached hydrogens (primary N) is 1. The quantitative estimate of drug-likeness (QED) is 0.559. The molecule has 148 valence electrons. The molecular formula is C19H23BrF2N2O3. The lowest BCUT2D eigenvalue weighted by Gasteiger charge is -2.16. The number of benzene rings is 1. The molecule has 0 aliphatic rings. The van der Waals surface area contributed by atoms with Crippen LogP contribution in [-0.2, 0) is 11.3 Å². The van der Waals surface area contributed by atoms with Gasteiger partial charge in [0.15, 0.2) is 0 Å². The van der Waals surface area contributed by atoms with Crippen molar-refractivity contribution in [1.29, 1.82) is 0 Å². The average Bonchev–Trinajstić information content (AvgIpc) is 2.64. The smallest absolute Gasteiger partial charge is 0.387 e. The van der Waals surface area contributed by atoms with Crippen LogP contribution in [-0.4, -0.2) is 24.8 Å². The van der Waals surface area contributed by atoms with Crippen molar-refractivity contribution < 1.29 is 23.0 Å². The summed E-state index contributed by atoms with van der Waals surface area (Å²) in [4.78, 5) is 4.45. The predicted octanol–water partition coefficient (Wildman–Crippen LogP) is 5.41. The summed E-state index contributed by atoms with van der Waals surface area (Å²) in [7, 11) is 1.44. The number of halogens is 3. The highest BCUT2D eigenvalue weighted by molar-refractivity contribution is 9.10. The van der Waals surface area contributed by atoms with Crippen molar-refractivity contribution in [3.63, 3.8) is 0 Å². The Bertz CT molecular complexity index is 771. The van der Waals surface area contributed by atoms with Gasteiger partial charge < -0.3 is 19.9 Å². The van der Waals surface area contributed by atoms with E-state index in [1.54, 1.807) is 6.07 Å². The number of alkyl halides is 2. The Hall–Kier alpha value is -1.93. The van der Waals surface area contributed by atoms with Crippen LogP contribution >= 0.6 is 15.9 Å². The fourth-order valence-corrected chi connectivity index (χ4v) is 3.20. The highest BCUT2D eigenvalue weighted by Gasteiger charge is 2.17. The lowest BCUT2D eigenvalue weighted by molar-refractivity contribution is -0.0499. The van der Waals surface area contributed by atoms with Gasteiger partial charge in [-0.1, -0.05) is 13.8 Å². The van der Waals surface area contributed by atoms with E-state index >= 15 is 0 Å². The van der Waals surface area contributed by atoms with Gasteiger partial charge >= 0.3 is 6.61 Å². The van der Waals surface area contributed by atoms with Crippen molar-refractivity contribution in [2.45, 2.75) is 46.0 Å². The molecule has 0 fully saturated rings. The third-order valence-electron chi connectivity index (χ3n) is 4.13. The van der Waals surface area contributed by atoms with Gasteiger partial charge in [0.05, 0.1) is 25.5 Å². The highest BCUT2D eigenvalue weighted by atomic mass is 79.9. The van der Waals surface area contributed by atoms with Crippen molar-refractivity contribution in [2.75, 3.05) is 12.8 Å². The maximum atomic E-state index is 12.4. The van der Waals surface area contributed by atoms with Crippen molar-refractivity contribution in [3.05, 3.63) is 34.3 Å². The van der Waals surface area contributed by atoms with E-state index in [0.717, 1.165) is 18.4 Å². The van der Waals surface area contributed by atoms with Crippen molar-refractivity contribution in [2.24, 2.45) is 0 Å². The van der Waals surface area contributed by atoms with E-state index in [9.17, 15) is 8.78 Å². The molecule has 1 aromatic carbocycles. The molecule has 1 aromatic heterocycles. The van der Waals surface area contributed by atoms with E-state index in [2.05, 4.69) is 39.5 Å². The number of nitrogens with zero attached hydrogens (tertiary/aromatic N) is 1. The second-order valence-electron chi connectivity index (χ2n) is 5.85. The van der Waals surface area contributed by atoms with Crippen LogP contribution in [0.25, 0.3) is 11.3 Å². The third-order valence-corrected chi connectivity index (χ3v) is 4.73. The molecule has 0 saturated carbocycles. The molecular weight excluding hydrogens is 422 g/mol. The molecule has 27 heavy (non-hydrogen) atoms. The molecule has 2 N–H and O–H groups in total. The molecule has 0 spiro atoms. The molecule has 0 saturated heterocycles. The molecule has 0 bridgehead atoms. The standard InChI is InChI=1S/C19H23BrF2N2O3/c1-4-12(5-2)26-10-11-8-15(20)17(24-18(11)23)14-7-6-13(27-19(21)22)9-16(14)25-3/h6-9,12,19H,4-5,10H2,1-3H3,(H2,23,24). The van der Waals surface area contributed by atoms with Gasteiger partial charge in [-0.15, -0.1) is 0 Å². The number of pyridine rings is 1. The molecule has 2 aromatic rings. The molecule has 8 heteroatoms. The van der Waals surface area contributed by atoms with Crippen molar-refractivity contribution in [3.8, 4) is 22.8 Å². The minimum absolute atomic E-state index is 0.00453. The number of rotatable bonds is 9. The van der Waals surface area contributed by atoms with E-state index in [1.165, 1.54) is 19.2 Å². The number of hydrogen-bond acceptors (Lipinski definition) is 5. The fraction of sp³-hybridized carbons (Fsp3) is 0.421.